The van der Waals surface area contributed by atoms with E-state index >= 15 is 0 Å². The van der Waals surface area contributed by atoms with Crippen LogP contribution in [0.1, 0.15) is 18.4 Å². The van der Waals surface area contributed by atoms with Crippen LogP contribution in [0.15, 0.2) is 24.3 Å². The third kappa shape index (κ3) is 3.21. The van der Waals surface area contributed by atoms with Crippen LogP contribution < -0.4 is 11.1 Å². The van der Waals surface area contributed by atoms with E-state index in [9.17, 15) is 4.79 Å². The zero-order valence-electron chi connectivity index (χ0n) is 8.23. The maximum atomic E-state index is 10.7. The molecule has 0 spiro atoms. The van der Waals surface area contributed by atoms with Crippen molar-refractivity contribution in [2.24, 2.45) is 5.73 Å². The van der Waals surface area contributed by atoms with Crippen LogP contribution in [0, 0.1) is 0 Å². The topological polar surface area (TPSA) is 75.3 Å². The Hall–Kier alpha value is -1.62. The Kier molecular flexibility index (Phi) is 3.62. The van der Waals surface area contributed by atoms with Crippen molar-refractivity contribution < 1.29 is 9.90 Å². The number of rotatable bonds is 3. The van der Waals surface area contributed by atoms with E-state index in [0.29, 0.717) is 0 Å². The normalized spacial score (nSPS) is 11.8. The molecule has 0 heterocycles. The maximum Gasteiger partial charge on any atom is 0.310 e. The molecule has 1 aromatic carbocycles. The molecule has 1 aromatic rings. The van der Waals surface area contributed by atoms with E-state index in [1.54, 1.807) is 31.2 Å². The van der Waals surface area contributed by atoms with Crippen molar-refractivity contribution in [3.8, 4) is 0 Å². The largest absolute Gasteiger partial charge is 0.481 e. The minimum Gasteiger partial charge on any atom is -0.481 e. The molecule has 0 aromatic heterocycles. The fourth-order valence-electron chi connectivity index (χ4n) is 1.14. The molecule has 0 radical (unpaired) electrons. The summed E-state index contributed by atoms with van der Waals surface area (Å²) in [5.41, 5.74) is 6.80. The summed E-state index contributed by atoms with van der Waals surface area (Å²) in [4.78, 5) is 10.7. The number of benzene rings is 1. The number of carboxylic acids is 1. The first-order chi connectivity index (χ1) is 7.00. The molecule has 4 N–H and O–H groups in total. The van der Waals surface area contributed by atoms with Crippen LogP contribution in [-0.4, -0.2) is 16.2 Å². The Morgan fingerprint density at radius 2 is 2.00 bits per heavy atom. The van der Waals surface area contributed by atoms with Crippen LogP contribution in [0.25, 0.3) is 0 Å². The number of hydrogen-bond acceptors (Lipinski definition) is 2. The van der Waals surface area contributed by atoms with Gasteiger partial charge in [-0.25, -0.2) is 0 Å². The fourth-order valence-corrected chi connectivity index (χ4v) is 1.26. The van der Waals surface area contributed by atoms with Crippen molar-refractivity contribution in [2.75, 3.05) is 5.32 Å². The molecule has 0 bridgehead atoms. The summed E-state index contributed by atoms with van der Waals surface area (Å²) >= 11 is 4.68. The highest BCUT2D eigenvalue weighted by molar-refractivity contribution is 7.80. The smallest absolute Gasteiger partial charge is 0.310 e. The summed E-state index contributed by atoms with van der Waals surface area (Å²) in [5, 5.41) is 11.7. The van der Waals surface area contributed by atoms with Crippen LogP contribution in [0.2, 0.25) is 0 Å². The molecule has 0 aliphatic heterocycles. The number of nitrogens with two attached hydrogens (primary N) is 1. The highest BCUT2D eigenvalue weighted by Gasteiger charge is 2.12. The summed E-state index contributed by atoms with van der Waals surface area (Å²) < 4.78 is 0. The molecule has 4 nitrogen and oxygen atoms in total. The third-order valence-corrected chi connectivity index (χ3v) is 2.15. The Balaban J connectivity index is 2.80. The molecule has 0 saturated carbocycles. The van der Waals surface area contributed by atoms with Gasteiger partial charge in [-0.3, -0.25) is 4.79 Å². The van der Waals surface area contributed by atoms with Crippen LogP contribution in [0.3, 0.4) is 0 Å². The summed E-state index contributed by atoms with van der Waals surface area (Å²) in [6.07, 6.45) is 0. The molecule has 0 aliphatic rings. The van der Waals surface area contributed by atoms with Crippen LogP contribution >= 0.6 is 12.2 Å². The van der Waals surface area contributed by atoms with E-state index in [4.69, 9.17) is 10.8 Å². The van der Waals surface area contributed by atoms with Crippen molar-refractivity contribution >= 4 is 29.0 Å². The minimum absolute atomic E-state index is 0.189. The summed E-state index contributed by atoms with van der Waals surface area (Å²) in [5.74, 6) is -1.35. The van der Waals surface area contributed by atoms with Gasteiger partial charge in [0.1, 0.15) is 0 Å². The van der Waals surface area contributed by atoms with E-state index < -0.39 is 11.9 Å². The highest BCUT2D eigenvalue weighted by Crippen LogP contribution is 2.17. The van der Waals surface area contributed by atoms with Gasteiger partial charge in [0.25, 0.3) is 0 Å². The minimum atomic E-state index is -0.843. The van der Waals surface area contributed by atoms with Gasteiger partial charge in [-0.05, 0) is 36.8 Å². The number of carboxylic acid groups (broad SMARTS) is 1. The van der Waals surface area contributed by atoms with Gasteiger partial charge in [-0.1, -0.05) is 12.1 Å². The second-order valence-electron chi connectivity index (χ2n) is 3.17. The zero-order chi connectivity index (χ0) is 11.4. The average molecular weight is 224 g/mol. The van der Waals surface area contributed by atoms with Crippen molar-refractivity contribution in [3.05, 3.63) is 29.8 Å². The molecule has 0 aliphatic carbocycles. The highest BCUT2D eigenvalue weighted by atomic mass is 32.1. The van der Waals surface area contributed by atoms with Gasteiger partial charge in [0.05, 0.1) is 5.92 Å². The first kappa shape index (κ1) is 11.5. The van der Waals surface area contributed by atoms with E-state index in [1.807, 2.05) is 0 Å². The van der Waals surface area contributed by atoms with Crippen molar-refractivity contribution in [2.45, 2.75) is 12.8 Å². The molecule has 5 heteroatoms. The van der Waals surface area contributed by atoms with Crippen LogP contribution in [0.4, 0.5) is 5.69 Å². The number of nitrogens with one attached hydrogen (secondary N) is 1. The van der Waals surface area contributed by atoms with Gasteiger partial charge >= 0.3 is 5.97 Å². The summed E-state index contributed by atoms with van der Waals surface area (Å²) in [6, 6.07) is 6.96. The maximum absolute atomic E-state index is 10.7. The summed E-state index contributed by atoms with van der Waals surface area (Å²) in [7, 11) is 0. The van der Waals surface area contributed by atoms with E-state index in [2.05, 4.69) is 17.5 Å². The molecule has 80 valence electrons. The van der Waals surface area contributed by atoms with Crippen molar-refractivity contribution in [3.63, 3.8) is 0 Å². The second kappa shape index (κ2) is 4.75. The third-order valence-electron chi connectivity index (χ3n) is 2.05. The Morgan fingerprint density at radius 1 is 1.47 bits per heavy atom. The predicted molar refractivity (Wildman–Crippen MR) is 62.9 cm³/mol. The van der Waals surface area contributed by atoms with Crippen molar-refractivity contribution in [1.29, 1.82) is 0 Å². The van der Waals surface area contributed by atoms with Gasteiger partial charge in [-0.2, -0.15) is 0 Å². The zero-order valence-corrected chi connectivity index (χ0v) is 9.04. The number of anilines is 1. The van der Waals surface area contributed by atoms with Gasteiger partial charge in [0, 0.05) is 5.69 Å². The van der Waals surface area contributed by atoms with Crippen LogP contribution in [-0.2, 0) is 4.79 Å². The first-order valence-electron chi connectivity index (χ1n) is 4.40. The SMILES string of the molecule is C[C@@H](C(=O)O)c1ccc(NC(N)=S)cc1. The lowest BCUT2D eigenvalue weighted by Gasteiger charge is -2.08. The molecule has 0 amide bonds. The molecule has 1 atom stereocenters. The molecular weight excluding hydrogens is 212 g/mol. The lowest BCUT2D eigenvalue weighted by atomic mass is 10.0. The van der Waals surface area contributed by atoms with Gasteiger partial charge in [0.2, 0.25) is 0 Å². The number of thiocarbonyl (C=S) groups is 1. The Bertz CT molecular complexity index is 376. The number of hydrogen-bond donors (Lipinski definition) is 3. The average Bonchev–Trinajstić information content (AvgIpc) is 2.17. The molecule has 0 unspecified atom stereocenters. The van der Waals surface area contributed by atoms with Crippen LogP contribution in [0.5, 0.6) is 0 Å². The van der Waals surface area contributed by atoms with Gasteiger partial charge in [0.15, 0.2) is 5.11 Å². The number of aliphatic carboxylic acids is 1. The van der Waals surface area contributed by atoms with E-state index in [0.717, 1.165) is 11.3 Å². The van der Waals surface area contributed by atoms with Crippen molar-refractivity contribution in [1.82, 2.24) is 0 Å². The molecule has 0 saturated heterocycles. The van der Waals surface area contributed by atoms with Gasteiger partial charge in [-0.15, -0.1) is 0 Å². The predicted octanol–water partition coefficient (Wildman–Crippen LogP) is 1.53. The Morgan fingerprint density at radius 3 is 2.40 bits per heavy atom. The van der Waals surface area contributed by atoms with Gasteiger partial charge < -0.3 is 16.2 Å². The van der Waals surface area contributed by atoms with E-state index in [-0.39, 0.29) is 5.11 Å². The Labute approximate surface area is 93.1 Å². The monoisotopic (exact) mass is 224 g/mol. The first-order valence-corrected chi connectivity index (χ1v) is 4.80. The molecule has 15 heavy (non-hydrogen) atoms. The number of carbonyl (C=O) groups is 1. The molecular formula is C10H12N2O2S. The standard InChI is InChI=1S/C10H12N2O2S/c1-6(9(13)14)7-2-4-8(5-3-7)12-10(11)15/h2-6H,1H3,(H,13,14)(H3,11,12,15)/t6-/m1/s1. The molecule has 0 fully saturated rings. The second-order valence-corrected chi connectivity index (χ2v) is 3.61. The molecule has 1 rings (SSSR count). The quantitative estimate of drug-likeness (QED) is 0.679. The lowest BCUT2D eigenvalue weighted by Crippen LogP contribution is -2.18. The lowest BCUT2D eigenvalue weighted by molar-refractivity contribution is -0.138. The fraction of sp³-hybridized carbons (Fsp3) is 0.200. The summed E-state index contributed by atoms with van der Waals surface area (Å²) in [6.45, 7) is 1.64. The van der Waals surface area contributed by atoms with E-state index in [1.165, 1.54) is 0 Å².